The van der Waals surface area contributed by atoms with E-state index in [1.165, 1.54) is 29.2 Å². The van der Waals surface area contributed by atoms with Gasteiger partial charge in [-0.2, -0.15) is 0 Å². The fourth-order valence-electron chi connectivity index (χ4n) is 6.02. The lowest BCUT2D eigenvalue weighted by atomic mass is 9.77. The Morgan fingerprint density at radius 3 is 2.03 bits per heavy atom. The lowest BCUT2D eigenvalue weighted by Gasteiger charge is -2.29. The van der Waals surface area contributed by atoms with Gasteiger partial charge in [-0.25, -0.2) is 4.39 Å². The first kappa shape index (κ1) is 19.5. The van der Waals surface area contributed by atoms with Crippen molar-refractivity contribution in [2.24, 2.45) is 11.8 Å². The molecule has 0 bridgehead atoms. The van der Waals surface area contributed by atoms with E-state index in [9.17, 15) is 23.6 Å². The van der Waals surface area contributed by atoms with Gasteiger partial charge in [0.05, 0.1) is 17.9 Å². The zero-order chi connectivity index (χ0) is 22.2. The number of ether oxygens (including phenoxy) is 1. The molecule has 2 aromatic carbocycles. The van der Waals surface area contributed by atoms with Crippen LogP contribution in [0.25, 0.3) is 0 Å². The predicted molar refractivity (Wildman–Crippen MR) is 109 cm³/mol. The third-order valence-electron chi connectivity index (χ3n) is 7.44. The van der Waals surface area contributed by atoms with E-state index in [4.69, 9.17) is 4.74 Å². The first-order valence-electron chi connectivity index (χ1n) is 10.9. The molecule has 3 fully saturated rings. The van der Waals surface area contributed by atoms with Crippen LogP contribution in [-0.2, 0) is 14.3 Å². The number of hydrogen-bond acceptors (Lipinski definition) is 5. The van der Waals surface area contributed by atoms with Crippen LogP contribution < -0.4 is 0 Å². The monoisotopic (exact) mass is 433 g/mol. The molecule has 0 N–H and O–H groups in total. The van der Waals surface area contributed by atoms with Gasteiger partial charge in [-0.15, -0.1) is 0 Å². The summed E-state index contributed by atoms with van der Waals surface area (Å²) in [5.41, 5.74) is -1.19. The highest BCUT2D eigenvalue weighted by Gasteiger charge is 2.75. The number of halogens is 1. The minimum Gasteiger partial charge on any atom is -0.349 e. The molecule has 7 heteroatoms. The standard InChI is InChI=1S/C25H20FNO5/c26-14-11-9-13(10-12-14)20-18-19(24(31)27(23(18)30)15-5-1-2-6-15)25(32-20)21(28)16-7-3-4-8-17(16)22(25)29/h3-4,7-12,15,18-20H,1-2,5-6H2/t18-,19-,20+/m1/s1. The van der Waals surface area contributed by atoms with Gasteiger partial charge in [-0.1, -0.05) is 49.2 Å². The van der Waals surface area contributed by atoms with Gasteiger partial charge >= 0.3 is 0 Å². The SMILES string of the molecule is O=C1[C@H]2[C@H](c3ccc(F)cc3)OC3(C(=O)c4ccccc4C3=O)[C@H]2C(=O)N1C1CCCC1. The minimum atomic E-state index is -2.06. The summed E-state index contributed by atoms with van der Waals surface area (Å²) in [6, 6.07) is 11.6. The van der Waals surface area contributed by atoms with Crippen molar-refractivity contribution < 1.29 is 28.3 Å². The summed E-state index contributed by atoms with van der Waals surface area (Å²) in [6.45, 7) is 0. The van der Waals surface area contributed by atoms with E-state index in [1.54, 1.807) is 24.3 Å². The summed E-state index contributed by atoms with van der Waals surface area (Å²) >= 11 is 0. The highest BCUT2D eigenvalue weighted by Crippen LogP contribution is 2.57. The molecule has 4 aliphatic rings. The highest BCUT2D eigenvalue weighted by molar-refractivity contribution is 6.35. The summed E-state index contributed by atoms with van der Waals surface area (Å²) in [6.07, 6.45) is 2.28. The van der Waals surface area contributed by atoms with Gasteiger partial charge in [0.2, 0.25) is 29.0 Å². The van der Waals surface area contributed by atoms with Crippen molar-refractivity contribution in [2.45, 2.75) is 43.4 Å². The van der Waals surface area contributed by atoms with Crippen molar-refractivity contribution in [1.29, 1.82) is 0 Å². The van der Waals surface area contributed by atoms with Crippen LogP contribution in [0, 0.1) is 17.7 Å². The van der Waals surface area contributed by atoms with E-state index in [0.717, 1.165) is 12.8 Å². The Bertz CT molecular complexity index is 1150. The van der Waals surface area contributed by atoms with E-state index in [2.05, 4.69) is 0 Å². The molecule has 2 amide bonds. The summed E-state index contributed by atoms with van der Waals surface area (Å²) in [5.74, 6) is -4.76. The fourth-order valence-corrected chi connectivity index (χ4v) is 6.02. The molecule has 6 nitrogen and oxygen atoms in total. The molecule has 3 atom stereocenters. The zero-order valence-electron chi connectivity index (χ0n) is 17.1. The Morgan fingerprint density at radius 1 is 0.844 bits per heavy atom. The van der Waals surface area contributed by atoms with Gasteiger partial charge in [0.25, 0.3) is 0 Å². The average Bonchev–Trinajstić information content (AvgIpc) is 3.54. The van der Waals surface area contributed by atoms with Crippen LogP contribution in [0.4, 0.5) is 4.39 Å². The molecule has 6 rings (SSSR count). The quantitative estimate of drug-likeness (QED) is 0.537. The molecule has 2 aliphatic heterocycles. The highest BCUT2D eigenvalue weighted by atomic mass is 19.1. The largest absolute Gasteiger partial charge is 0.349 e. The van der Waals surface area contributed by atoms with Crippen LogP contribution in [0.1, 0.15) is 58.1 Å². The van der Waals surface area contributed by atoms with Gasteiger partial charge in [0.15, 0.2) is 0 Å². The number of nitrogens with zero attached hydrogens (tertiary/aromatic N) is 1. The Hall–Kier alpha value is -3.19. The topological polar surface area (TPSA) is 80.8 Å². The third-order valence-corrected chi connectivity index (χ3v) is 7.44. The normalized spacial score (nSPS) is 28.8. The molecule has 1 spiro atoms. The number of fused-ring (bicyclic) bond motifs is 3. The molecule has 2 saturated heterocycles. The maximum atomic E-state index is 13.7. The van der Waals surface area contributed by atoms with Gasteiger partial charge < -0.3 is 4.74 Å². The number of imide groups is 1. The number of amides is 2. The second-order valence-electron chi connectivity index (χ2n) is 9.02. The van der Waals surface area contributed by atoms with Crippen LogP contribution in [0.15, 0.2) is 48.5 Å². The van der Waals surface area contributed by atoms with Crippen LogP contribution in [0.5, 0.6) is 0 Å². The van der Waals surface area contributed by atoms with Crippen molar-refractivity contribution in [3.63, 3.8) is 0 Å². The van der Waals surface area contributed by atoms with Gasteiger partial charge in [-0.3, -0.25) is 24.1 Å². The molecule has 0 radical (unpaired) electrons. The number of rotatable bonds is 2. The summed E-state index contributed by atoms with van der Waals surface area (Å²) in [7, 11) is 0. The number of Topliss-reactive ketones (excluding diaryl/α,β-unsaturated/α-hetero) is 2. The molecule has 2 aliphatic carbocycles. The van der Waals surface area contributed by atoms with Crippen LogP contribution >= 0.6 is 0 Å². The number of likely N-dealkylation sites (tertiary alicyclic amines) is 1. The summed E-state index contributed by atoms with van der Waals surface area (Å²) < 4.78 is 19.7. The predicted octanol–water partition coefficient (Wildman–Crippen LogP) is 3.26. The third kappa shape index (κ3) is 2.32. The Kier molecular flexibility index (Phi) is 4.05. The molecular formula is C25H20FNO5. The smallest absolute Gasteiger partial charge is 0.237 e. The van der Waals surface area contributed by atoms with Crippen molar-refractivity contribution in [2.75, 3.05) is 0 Å². The average molecular weight is 433 g/mol. The molecule has 0 aromatic heterocycles. The summed E-state index contributed by atoms with van der Waals surface area (Å²) in [4.78, 5) is 55.7. The van der Waals surface area contributed by atoms with Gasteiger partial charge in [0, 0.05) is 17.2 Å². The lowest BCUT2D eigenvalue weighted by Crippen LogP contribution is -2.51. The Labute approximate surface area is 183 Å². The number of benzene rings is 2. The second-order valence-corrected chi connectivity index (χ2v) is 9.02. The number of ketones is 2. The van der Waals surface area contributed by atoms with Crippen molar-refractivity contribution in [1.82, 2.24) is 4.90 Å². The van der Waals surface area contributed by atoms with Gasteiger partial charge in [0.1, 0.15) is 5.82 Å². The van der Waals surface area contributed by atoms with Crippen LogP contribution in [-0.4, -0.2) is 39.9 Å². The van der Waals surface area contributed by atoms with E-state index in [0.29, 0.717) is 18.4 Å². The van der Waals surface area contributed by atoms with Crippen LogP contribution in [0.2, 0.25) is 0 Å². The lowest BCUT2D eigenvalue weighted by molar-refractivity contribution is -0.147. The molecule has 0 unspecified atom stereocenters. The first-order valence-corrected chi connectivity index (χ1v) is 10.9. The molecular weight excluding hydrogens is 413 g/mol. The number of carbonyl (C=O) groups is 4. The van der Waals surface area contributed by atoms with E-state index in [-0.39, 0.29) is 17.2 Å². The van der Waals surface area contributed by atoms with Crippen molar-refractivity contribution in [3.8, 4) is 0 Å². The fraction of sp³-hybridized carbons (Fsp3) is 0.360. The van der Waals surface area contributed by atoms with E-state index >= 15 is 0 Å². The van der Waals surface area contributed by atoms with Gasteiger partial charge in [-0.05, 0) is 30.5 Å². The molecule has 2 aromatic rings. The Morgan fingerprint density at radius 2 is 1.44 bits per heavy atom. The van der Waals surface area contributed by atoms with E-state index < -0.39 is 52.7 Å². The molecule has 1 saturated carbocycles. The number of carbonyl (C=O) groups excluding carboxylic acids is 4. The molecule has 2 heterocycles. The minimum absolute atomic E-state index is 0.204. The van der Waals surface area contributed by atoms with Crippen molar-refractivity contribution >= 4 is 23.4 Å². The molecule has 162 valence electrons. The second kappa shape index (κ2) is 6.65. The zero-order valence-corrected chi connectivity index (χ0v) is 17.1. The van der Waals surface area contributed by atoms with Crippen molar-refractivity contribution in [3.05, 3.63) is 71.0 Å². The Balaban J connectivity index is 1.52. The summed E-state index contributed by atoms with van der Waals surface area (Å²) in [5, 5.41) is 0. The first-order chi connectivity index (χ1) is 15.4. The maximum absolute atomic E-state index is 13.7. The molecule has 32 heavy (non-hydrogen) atoms. The van der Waals surface area contributed by atoms with E-state index in [1.807, 2.05) is 0 Å². The maximum Gasteiger partial charge on any atom is 0.237 e. The number of hydrogen-bond donors (Lipinski definition) is 0. The van der Waals surface area contributed by atoms with Crippen LogP contribution in [0.3, 0.4) is 0 Å².